The molecule has 0 aliphatic heterocycles. The molecule has 100 valence electrons. The second-order valence-electron chi connectivity index (χ2n) is 4.36. The third-order valence-electron chi connectivity index (χ3n) is 2.86. The second-order valence-corrected chi connectivity index (χ2v) is 5.36. The Bertz CT molecular complexity index is 762. The van der Waals surface area contributed by atoms with Gasteiger partial charge in [-0.25, -0.2) is 9.37 Å². The normalized spacial score (nSPS) is 11.3. The molecule has 0 radical (unpaired) electrons. The molecule has 0 fully saturated rings. The van der Waals surface area contributed by atoms with E-state index in [-0.39, 0.29) is 5.82 Å². The molecule has 0 bridgehead atoms. The topological polar surface area (TPSA) is 37.3 Å². The highest BCUT2D eigenvalue weighted by Crippen LogP contribution is 2.28. The zero-order chi connectivity index (χ0) is 13.9. The molecule has 0 aliphatic rings. The van der Waals surface area contributed by atoms with Gasteiger partial charge >= 0.3 is 0 Å². The number of rotatable bonds is 3. The van der Waals surface area contributed by atoms with E-state index in [0.29, 0.717) is 0 Å². The Hall–Kier alpha value is -2.27. The molecule has 0 saturated carbocycles. The van der Waals surface area contributed by atoms with E-state index in [9.17, 15) is 4.39 Å². The summed E-state index contributed by atoms with van der Waals surface area (Å²) >= 11 is 1.57. The van der Waals surface area contributed by atoms with Crippen molar-refractivity contribution in [1.29, 1.82) is 0 Å². The summed E-state index contributed by atoms with van der Waals surface area (Å²) < 4.78 is 13.9. The fourth-order valence-corrected chi connectivity index (χ4v) is 2.73. The number of benzene rings is 2. The molecule has 0 spiro atoms. The summed E-state index contributed by atoms with van der Waals surface area (Å²) in [5, 5.41) is 4.86. The Labute approximate surface area is 119 Å². The molecule has 0 amide bonds. The van der Waals surface area contributed by atoms with Gasteiger partial charge < -0.3 is 0 Å². The molecule has 3 aromatic rings. The fraction of sp³-hybridized carbons (Fsp3) is 0.0667. The minimum Gasteiger partial charge on any atom is -0.253 e. The molecule has 1 N–H and O–H groups in total. The van der Waals surface area contributed by atoms with Crippen molar-refractivity contribution >= 4 is 32.9 Å². The molecule has 1 heterocycles. The lowest BCUT2D eigenvalue weighted by Gasteiger charge is -1.94. The Morgan fingerprint density at radius 1 is 1.20 bits per heavy atom. The van der Waals surface area contributed by atoms with Crippen LogP contribution in [0.25, 0.3) is 10.2 Å². The monoisotopic (exact) mass is 285 g/mol. The third kappa shape index (κ3) is 2.67. The van der Waals surface area contributed by atoms with E-state index in [1.54, 1.807) is 29.7 Å². The molecule has 20 heavy (non-hydrogen) atoms. The van der Waals surface area contributed by atoms with Gasteiger partial charge in [-0.2, -0.15) is 5.10 Å². The molecule has 0 saturated heterocycles. The van der Waals surface area contributed by atoms with Gasteiger partial charge in [0, 0.05) is 0 Å². The lowest BCUT2D eigenvalue weighted by atomic mass is 10.2. The van der Waals surface area contributed by atoms with Crippen LogP contribution in [0.2, 0.25) is 0 Å². The Balaban J connectivity index is 1.76. The maximum atomic E-state index is 12.8. The van der Waals surface area contributed by atoms with Crippen molar-refractivity contribution in [3.8, 4) is 0 Å². The number of hydrogen-bond acceptors (Lipinski definition) is 4. The highest BCUT2D eigenvalue weighted by atomic mass is 32.1. The van der Waals surface area contributed by atoms with Crippen molar-refractivity contribution in [2.75, 3.05) is 5.43 Å². The van der Waals surface area contributed by atoms with Crippen LogP contribution in [0.3, 0.4) is 0 Å². The Morgan fingerprint density at radius 3 is 2.75 bits per heavy atom. The van der Waals surface area contributed by atoms with Gasteiger partial charge in [0.15, 0.2) is 0 Å². The molecular formula is C15H12FN3S. The fourth-order valence-electron chi connectivity index (χ4n) is 1.85. The average molecular weight is 285 g/mol. The first-order chi connectivity index (χ1) is 9.72. The maximum absolute atomic E-state index is 12.8. The first kappa shape index (κ1) is 12.7. The van der Waals surface area contributed by atoms with Gasteiger partial charge in [-0.3, -0.25) is 5.43 Å². The van der Waals surface area contributed by atoms with Crippen molar-refractivity contribution in [1.82, 2.24) is 4.98 Å². The lowest BCUT2D eigenvalue weighted by molar-refractivity contribution is 0.628. The molecule has 0 aliphatic carbocycles. The highest BCUT2D eigenvalue weighted by molar-refractivity contribution is 7.22. The summed E-state index contributed by atoms with van der Waals surface area (Å²) in [6.07, 6.45) is 1.64. The van der Waals surface area contributed by atoms with E-state index in [0.717, 1.165) is 20.9 Å². The van der Waals surface area contributed by atoms with E-state index < -0.39 is 0 Å². The number of nitrogens with one attached hydrogen (secondary N) is 1. The van der Waals surface area contributed by atoms with Gasteiger partial charge in [0.25, 0.3) is 0 Å². The number of anilines is 1. The van der Waals surface area contributed by atoms with E-state index in [1.165, 1.54) is 17.7 Å². The number of aromatic nitrogens is 1. The standard InChI is InChI=1S/C15H12FN3S/c1-10-3-2-4-13-14(10)20-15(18-13)19-17-9-11-5-7-12(16)8-6-11/h2-9H,1H3,(H,18,19)/b17-9-. The van der Waals surface area contributed by atoms with Crippen LogP contribution in [-0.2, 0) is 0 Å². The largest absolute Gasteiger partial charge is 0.253 e. The van der Waals surface area contributed by atoms with Gasteiger partial charge in [-0.05, 0) is 36.2 Å². The number of hydrazone groups is 1. The van der Waals surface area contributed by atoms with Crippen LogP contribution in [0.15, 0.2) is 47.6 Å². The van der Waals surface area contributed by atoms with Crippen molar-refractivity contribution in [3.05, 3.63) is 59.4 Å². The van der Waals surface area contributed by atoms with E-state index in [4.69, 9.17) is 0 Å². The summed E-state index contributed by atoms with van der Waals surface area (Å²) in [6.45, 7) is 2.06. The predicted octanol–water partition coefficient (Wildman–Crippen LogP) is 4.19. The maximum Gasteiger partial charge on any atom is 0.204 e. The minimum absolute atomic E-state index is 0.253. The second kappa shape index (κ2) is 5.38. The summed E-state index contributed by atoms with van der Waals surface area (Å²) in [5.74, 6) is -0.253. The molecule has 1 aromatic heterocycles. The summed E-state index contributed by atoms with van der Waals surface area (Å²) in [7, 11) is 0. The first-order valence-electron chi connectivity index (χ1n) is 6.13. The molecule has 2 aromatic carbocycles. The van der Waals surface area contributed by atoms with Crippen LogP contribution in [0, 0.1) is 12.7 Å². The molecule has 3 rings (SSSR count). The van der Waals surface area contributed by atoms with Gasteiger partial charge in [0.05, 0.1) is 16.4 Å². The SMILES string of the molecule is Cc1cccc2nc(N/N=C\c3ccc(F)cc3)sc12. The van der Waals surface area contributed by atoms with E-state index in [2.05, 4.69) is 28.5 Å². The van der Waals surface area contributed by atoms with Crippen LogP contribution in [0.5, 0.6) is 0 Å². The van der Waals surface area contributed by atoms with Crippen molar-refractivity contribution in [3.63, 3.8) is 0 Å². The molecule has 0 unspecified atom stereocenters. The van der Waals surface area contributed by atoms with E-state index >= 15 is 0 Å². The van der Waals surface area contributed by atoms with Crippen LogP contribution in [-0.4, -0.2) is 11.2 Å². The number of aryl methyl sites for hydroxylation is 1. The van der Waals surface area contributed by atoms with Gasteiger partial charge in [-0.1, -0.05) is 35.6 Å². The molecular weight excluding hydrogens is 273 g/mol. The molecule has 3 nitrogen and oxygen atoms in total. The zero-order valence-electron chi connectivity index (χ0n) is 10.8. The first-order valence-corrected chi connectivity index (χ1v) is 6.95. The average Bonchev–Trinajstić information content (AvgIpc) is 2.85. The number of hydrogen-bond donors (Lipinski definition) is 1. The summed E-state index contributed by atoms with van der Waals surface area (Å²) in [5.41, 5.74) is 5.91. The van der Waals surface area contributed by atoms with Gasteiger partial charge in [0.2, 0.25) is 5.13 Å². The lowest BCUT2D eigenvalue weighted by Crippen LogP contribution is -1.89. The quantitative estimate of drug-likeness (QED) is 0.578. The van der Waals surface area contributed by atoms with Crippen LogP contribution >= 0.6 is 11.3 Å². The molecule has 0 atom stereocenters. The van der Waals surface area contributed by atoms with Crippen LogP contribution in [0.1, 0.15) is 11.1 Å². The van der Waals surface area contributed by atoms with Crippen molar-refractivity contribution in [2.45, 2.75) is 6.92 Å². The molecule has 5 heteroatoms. The smallest absolute Gasteiger partial charge is 0.204 e. The number of nitrogens with zero attached hydrogens (tertiary/aromatic N) is 2. The van der Waals surface area contributed by atoms with Crippen molar-refractivity contribution < 1.29 is 4.39 Å². The van der Waals surface area contributed by atoms with Gasteiger partial charge in [0.1, 0.15) is 5.82 Å². The number of fused-ring (bicyclic) bond motifs is 1. The predicted molar refractivity (Wildman–Crippen MR) is 82.0 cm³/mol. The van der Waals surface area contributed by atoms with E-state index in [1.807, 2.05) is 12.1 Å². The number of halogens is 1. The Morgan fingerprint density at radius 2 is 2.00 bits per heavy atom. The van der Waals surface area contributed by atoms with Gasteiger partial charge in [-0.15, -0.1) is 0 Å². The third-order valence-corrected chi connectivity index (χ3v) is 3.97. The zero-order valence-corrected chi connectivity index (χ0v) is 11.6. The highest BCUT2D eigenvalue weighted by Gasteiger charge is 2.04. The van der Waals surface area contributed by atoms with Crippen LogP contribution < -0.4 is 5.43 Å². The number of thiazole rings is 1. The minimum atomic E-state index is -0.253. The summed E-state index contributed by atoms with van der Waals surface area (Å²) in [4.78, 5) is 4.45. The van der Waals surface area contributed by atoms with Crippen molar-refractivity contribution in [2.24, 2.45) is 5.10 Å². The summed E-state index contributed by atoms with van der Waals surface area (Å²) in [6, 6.07) is 12.2. The van der Waals surface area contributed by atoms with Crippen LogP contribution in [0.4, 0.5) is 9.52 Å². The Kier molecular flexibility index (Phi) is 3.43.